The van der Waals surface area contributed by atoms with Crippen molar-refractivity contribution in [2.45, 2.75) is 87.0 Å². The van der Waals surface area contributed by atoms with Crippen LogP contribution in [0.4, 0.5) is 32.8 Å². The molecule has 0 saturated carbocycles. The third-order valence-electron chi connectivity index (χ3n) is 15.3. The summed E-state index contributed by atoms with van der Waals surface area (Å²) in [5, 5.41) is 7.47. The predicted octanol–water partition coefficient (Wildman–Crippen LogP) is 17.2. The Morgan fingerprint density at radius 3 is 1.30 bits per heavy atom. The SMILES string of the molecule is Cc1cc2c3c(c1)N(c1c(C)ccc(-c4cc5ccccc5o4)c1C)c1sc4ccc(C(C)(C)C)cc4c1B3c1c(sc3ccc(C(C)(C)C)cc13)N2c1c(C)ccc(-c2cc3ccccc3o2)c1C. The minimum atomic E-state index is -0.0330. The van der Waals surface area contributed by atoms with Crippen LogP contribution in [-0.4, -0.2) is 6.71 Å². The van der Waals surface area contributed by atoms with Crippen molar-refractivity contribution in [2.24, 2.45) is 0 Å². The Hall–Kier alpha value is -6.80. The molecule has 0 unspecified atom stereocenters. The van der Waals surface area contributed by atoms with Gasteiger partial charge < -0.3 is 18.6 Å². The number of benzene rings is 7. The third-order valence-corrected chi connectivity index (χ3v) is 17.6. The van der Waals surface area contributed by atoms with Crippen LogP contribution < -0.4 is 26.2 Å². The van der Waals surface area contributed by atoms with Gasteiger partial charge in [-0.05, 0) is 160 Å². The maximum atomic E-state index is 6.65. The smallest absolute Gasteiger partial charge is 0.256 e. The summed E-state index contributed by atoms with van der Waals surface area (Å²) < 4.78 is 15.9. The van der Waals surface area contributed by atoms with E-state index in [2.05, 4.69) is 219 Å². The monoisotopic (exact) mass is 946 g/mol. The summed E-state index contributed by atoms with van der Waals surface area (Å²) in [6.45, 7) is 25.4. The molecule has 0 atom stereocenters. The van der Waals surface area contributed by atoms with E-state index in [0.717, 1.165) is 44.6 Å². The second-order valence-electron chi connectivity index (χ2n) is 22.0. The molecular weight excluding hydrogens is 892 g/mol. The first-order valence-electron chi connectivity index (χ1n) is 24.6. The van der Waals surface area contributed by atoms with E-state index in [-0.39, 0.29) is 17.5 Å². The number of hydrogen-bond acceptors (Lipinski definition) is 6. The average molecular weight is 947 g/mol. The van der Waals surface area contributed by atoms with E-state index in [4.69, 9.17) is 8.83 Å². The van der Waals surface area contributed by atoms with Gasteiger partial charge in [-0.15, -0.1) is 22.7 Å². The lowest BCUT2D eigenvalue weighted by molar-refractivity contribution is 0.591. The Balaban J connectivity index is 1.16. The molecule has 0 N–H and O–H groups in total. The summed E-state index contributed by atoms with van der Waals surface area (Å²) >= 11 is 3.88. The summed E-state index contributed by atoms with van der Waals surface area (Å²) in [5.41, 5.74) is 21.7. The highest BCUT2D eigenvalue weighted by Crippen LogP contribution is 2.54. The number of thiophene rings is 2. The zero-order valence-corrected chi connectivity index (χ0v) is 43.4. The molecule has 13 rings (SSSR count). The molecule has 7 heteroatoms. The van der Waals surface area contributed by atoms with Crippen molar-refractivity contribution in [3.63, 3.8) is 0 Å². The lowest BCUT2D eigenvalue weighted by atomic mass is 9.33. The van der Waals surface area contributed by atoms with E-state index in [1.165, 1.54) is 108 Å². The highest BCUT2D eigenvalue weighted by molar-refractivity contribution is 7.29. The van der Waals surface area contributed by atoms with Crippen molar-refractivity contribution < 1.29 is 8.83 Å². The van der Waals surface area contributed by atoms with Crippen LogP contribution in [0.2, 0.25) is 0 Å². The summed E-state index contributed by atoms with van der Waals surface area (Å²) in [6, 6.07) is 49.7. The first-order valence-corrected chi connectivity index (χ1v) is 26.2. The zero-order valence-electron chi connectivity index (χ0n) is 41.8. The normalized spacial score (nSPS) is 13.6. The fourth-order valence-electron chi connectivity index (χ4n) is 11.7. The molecule has 70 heavy (non-hydrogen) atoms. The molecule has 0 spiro atoms. The topological polar surface area (TPSA) is 32.8 Å². The second-order valence-corrected chi connectivity index (χ2v) is 24.0. The van der Waals surface area contributed by atoms with E-state index in [1.807, 2.05) is 22.7 Å². The highest BCUT2D eigenvalue weighted by atomic mass is 32.1. The molecule has 2 aliphatic heterocycles. The van der Waals surface area contributed by atoms with Crippen molar-refractivity contribution in [1.82, 2.24) is 0 Å². The van der Waals surface area contributed by atoms with E-state index < -0.39 is 0 Å². The van der Waals surface area contributed by atoms with Crippen LogP contribution in [0.1, 0.15) is 80.5 Å². The first-order chi connectivity index (χ1) is 33.5. The van der Waals surface area contributed by atoms with Crippen molar-refractivity contribution in [1.29, 1.82) is 0 Å². The van der Waals surface area contributed by atoms with Gasteiger partial charge in [0, 0.05) is 42.7 Å². The minimum absolute atomic E-state index is 0.0310. The van der Waals surface area contributed by atoms with Gasteiger partial charge in [0.2, 0.25) is 0 Å². The molecule has 0 fully saturated rings. The maximum Gasteiger partial charge on any atom is 0.256 e. The number of fused-ring (bicyclic) bond motifs is 10. The van der Waals surface area contributed by atoms with Crippen LogP contribution in [0.5, 0.6) is 0 Å². The zero-order chi connectivity index (χ0) is 48.3. The molecule has 0 aliphatic carbocycles. The summed E-state index contributed by atoms with van der Waals surface area (Å²) in [5.74, 6) is 1.77. The molecule has 7 aromatic carbocycles. The Kier molecular flexibility index (Phi) is 9.33. The summed E-state index contributed by atoms with van der Waals surface area (Å²) in [6.07, 6.45) is 0. The lowest BCUT2D eigenvalue weighted by Crippen LogP contribution is -2.60. The Morgan fingerprint density at radius 2 is 0.886 bits per heavy atom. The van der Waals surface area contributed by atoms with Gasteiger partial charge in [0.05, 0.1) is 21.4 Å². The van der Waals surface area contributed by atoms with Crippen LogP contribution in [0.25, 0.3) is 64.8 Å². The van der Waals surface area contributed by atoms with Gasteiger partial charge in [-0.2, -0.15) is 0 Å². The predicted molar refractivity (Wildman–Crippen MR) is 303 cm³/mol. The molecule has 6 heterocycles. The number of nitrogens with zero attached hydrogens (tertiary/aromatic N) is 2. The maximum absolute atomic E-state index is 6.65. The standard InChI is InChI=1S/C63H55BN2O2S2/c1-34-28-47-57-48(29-34)66(59-36(3)21-25-44(38(59)5)52-31-40-17-13-15-19-50(40)68-52)61-56(46-33-42(63(9,10)11)23-27-54(46)70-61)64(57)55-45-32-41(62(6,7)8)22-26-53(45)69-60(55)65(47)58-35(2)20-24-43(37(58)4)51-30-39-16-12-14-18-49(39)67-51/h12-33H,1-11H3. The first kappa shape index (κ1) is 43.2. The van der Waals surface area contributed by atoms with Crippen LogP contribution in [0.15, 0.2) is 142 Å². The molecule has 0 bridgehead atoms. The number of para-hydroxylation sites is 2. The highest BCUT2D eigenvalue weighted by Gasteiger charge is 2.48. The van der Waals surface area contributed by atoms with Crippen LogP contribution in [0.3, 0.4) is 0 Å². The Labute approximate surface area is 418 Å². The number of furan rings is 2. The van der Waals surface area contributed by atoms with E-state index in [0.29, 0.717) is 0 Å². The van der Waals surface area contributed by atoms with Crippen molar-refractivity contribution in [3.8, 4) is 22.6 Å². The second kappa shape index (κ2) is 15.1. The number of aryl methyl sites for hydroxylation is 3. The molecule has 4 nitrogen and oxygen atoms in total. The minimum Gasteiger partial charge on any atom is -0.456 e. The molecule has 11 aromatic rings. The van der Waals surface area contributed by atoms with Crippen LogP contribution in [0, 0.1) is 34.6 Å². The molecule has 0 amide bonds. The summed E-state index contributed by atoms with van der Waals surface area (Å²) in [4.78, 5) is 5.30. The molecule has 0 saturated heterocycles. The average Bonchev–Trinajstić information content (AvgIpc) is 4.12. The number of anilines is 6. The molecule has 344 valence electrons. The van der Waals surface area contributed by atoms with Gasteiger partial charge >= 0.3 is 0 Å². The van der Waals surface area contributed by atoms with Crippen molar-refractivity contribution in [3.05, 3.63) is 172 Å². The summed E-state index contributed by atoms with van der Waals surface area (Å²) in [7, 11) is 0. The third kappa shape index (κ3) is 6.33. The van der Waals surface area contributed by atoms with Crippen LogP contribution >= 0.6 is 22.7 Å². The van der Waals surface area contributed by atoms with E-state index in [9.17, 15) is 0 Å². The molecule has 4 aromatic heterocycles. The molecular formula is C63H55BN2O2S2. The quantitative estimate of drug-likeness (QED) is 0.165. The largest absolute Gasteiger partial charge is 0.456 e. The van der Waals surface area contributed by atoms with Gasteiger partial charge in [0.1, 0.15) is 22.7 Å². The lowest BCUT2D eigenvalue weighted by Gasteiger charge is -2.43. The Bertz CT molecular complexity index is 3690. The number of hydrogen-bond donors (Lipinski definition) is 0. The Morgan fingerprint density at radius 1 is 0.457 bits per heavy atom. The van der Waals surface area contributed by atoms with Gasteiger partial charge in [-0.3, -0.25) is 0 Å². The van der Waals surface area contributed by atoms with Gasteiger partial charge in [-0.1, -0.05) is 126 Å². The fraction of sp³-hybridized carbons (Fsp3) is 0.206. The number of rotatable bonds is 4. The van der Waals surface area contributed by atoms with Crippen molar-refractivity contribution >= 4 is 121 Å². The van der Waals surface area contributed by atoms with Crippen molar-refractivity contribution in [2.75, 3.05) is 9.80 Å². The van der Waals surface area contributed by atoms with E-state index >= 15 is 0 Å². The van der Waals surface area contributed by atoms with Gasteiger partial charge in [0.25, 0.3) is 6.71 Å². The molecule has 0 radical (unpaired) electrons. The van der Waals surface area contributed by atoms with Gasteiger partial charge in [0.15, 0.2) is 0 Å². The fourth-order valence-corrected chi connectivity index (χ4v) is 14.2. The van der Waals surface area contributed by atoms with E-state index in [1.54, 1.807) is 0 Å². The van der Waals surface area contributed by atoms with Crippen LogP contribution in [-0.2, 0) is 10.8 Å². The van der Waals surface area contributed by atoms with Gasteiger partial charge in [-0.25, -0.2) is 0 Å². The molecule has 2 aliphatic rings.